The van der Waals surface area contributed by atoms with E-state index in [0.717, 1.165) is 13.8 Å². The molecule has 0 saturated heterocycles. The van der Waals surface area contributed by atoms with Crippen LogP contribution in [0.1, 0.15) is 80.7 Å². The Morgan fingerprint density at radius 2 is 1.29 bits per heavy atom. The van der Waals surface area contributed by atoms with Crippen molar-refractivity contribution in [1.29, 1.82) is 0 Å². The molecule has 13 heteroatoms. The maximum absolute atomic E-state index is 13.3. The Morgan fingerprint density at radius 1 is 0.731 bits per heavy atom. The molecule has 0 aromatic heterocycles. The Bertz CT molecular complexity index is 1660. The summed E-state index contributed by atoms with van der Waals surface area (Å²) >= 11 is 0. The lowest BCUT2D eigenvalue weighted by molar-refractivity contribution is -0.156. The zero-order valence-corrected chi connectivity index (χ0v) is 31.1. The first-order valence-corrected chi connectivity index (χ1v) is 16.9. The first kappa shape index (κ1) is 41.4. The van der Waals surface area contributed by atoms with Gasteiger partial charge in [0.1, 0.15) is 24.4 Å². The van der Waals surface area contributed by atoms with Gasteiger partial charge in [0.15, 0.2) is 11.9 Å². The SMILES string of the molecule is CC(=O)O/C1=C(\C)[C@@H](OC(C)=O)C[C@H](OC(=O)/C=C/c2ccccc2)/C(CO)=C\[C@H](OC(C)=O)[C@@H]2C[C@H](OC(C)=O)C(C)=C([C@H]1OC(C)=O)C2(C)C. The van der Waals surface area contributed by atoms with Gasteiger partial charge in [-0.15, -0.1) is 0 Å². The van der Waals surface area contributed by atoms with Crippen LogP contribution < -0.4 is 0 Å². The third kappa shape index (κ3) is 10.7. The Balaban J connectivity index is 2.45. The highest BCUT2D eigenvalue weighted by molar-refractivity contribution is 5.87. The molecule has 1 N–H and O–H groups in total. The van der Waals surface area contributed by atoms with E-state index in [1.807, 2.05) is 19.9 Å². The van der Waals surface area contributed by atoms with Crippen molar-refractivity contribution in [2.24, 2.45) is 11.3 Å². The molecule has 0 spiro atoms. The molecule has 13 nitrogen and oxygen atoms in total. The third-order valence-corrected chi connectivity index (χ3v) is 9.09. The van der Waals surface area contributed by atoms with Crippen LogP contribution in [0.15, 0.2) is 70.5 Å². The molecule has 1 aromatic carbocycles. The van der Waals surface area contributed by atoms with E-state index in [4.69, 9.17) is 28.4 Å². The van der Waals surface area contributed by atoms with Crippen LogP contribution in [0.2, 0.25) is 0 Å². The number of carbonyl (C=O) groups excluding carboxylic acids is 6. The fourth-order valence-electron chi connectivity index (χ4n) is 6.86. The second-order valence-corrected chi connectivity index (χ2v) is 13.4. The van der Waals surface area contributed by atoms with Gasteiger partial charge in [0, 0.05) is 58.6 Å². The number of esters is 6. The van der Waals surface area contributed by atoms with Crippen molar-refractivity contribution in [3.8, 4) is 0 Å². The van der Waals surface area contributed by atoms with Gasteiger partial charge in [0.05, 0.1) is 6.61 Å². The number of hydrogen-bond acceptors (Lipinski definition) is 13. The van der Waals surface area contributed by atoms with Crippen LogP contribution in [-0.4, -0.2) is 78.0 Å². The van der Waals surface area contributed by atoms with Crippen LogP contribution in [0.4, 0.5) is 0 Å². The van der Waals surface area contributed by atoms with Crippen LogP contribution in [-0.2, 0) is 57.2 Å². The second kappa shape index (κ2) is 17.9. The summed E-state index contributed by atoms with van der Waals surface area (Å²) in [6.45, 7) is 12.1. The van der Waals surface area contributed by atoms with Crippen molar-refractivity contribution in [1.82, 2.24) is 0 Å². The fraction of sp³-hybridized carbons (Fsp3) is 0.487. The number of fused-ring (bicyclic) bond motifs is 2. The van der Waals surface area contributed by atoms with Crippen LogP contribution >= 0.6 is 0 Å². The predicted octanol–water partition coefficient (Wildman–Crippen LogP) is 4.86. The van der Waals surface area contributed by atoms with Crippen molar-refractivity contribution in [2.45, 2.75) is 106 Å². The lowest BCUT2D eigenvalue weighted by Gasteiger charge is -2.48. The molecule has 2 aliphatic rings. The molecule has 0 unspecified atom stereocenters. The highest BCUT2D eigenvalue weighted by atomic mass is 16.6. The first-order chi connectivity index (χ1) is 24.3. The number of carbonyl (C=O) groups is 6. The number of rotatable bonds is 9. The average molecular weight is 725 g/mol. The smallest absolute Gasteiger partial charge is 0.331 e. The highest BCUT2D eigenvalue weighted by Crippen LogP contribution is 2.52. The minimum atomic E-state index is -1.43. The van der Waals surface area contributed by atoms with Crippen LogP contribution in [0.3, 0.4) is 0 Å². The molecule has 0 heterocycles. The van der Waals surface area contributed by atoms with E-state index in [9.17, 15) is 33.9 Å². The molecular formula is C39H48O13. The van der Waals surface area contributed by atoms with Gasteiger partial charge in [-0.3, -0.25) is 24.0 Å². The lowest BCUT2D eigenvalue weighted by atomic mass is 9.60. The number of benzene rings is 1. The van der Waals surface area contributed by atoms with Gasteiger partial charge in [-0.05, 0) is 60.1 Å². The summed E-state index contributed by atoms with van der Waals surface area (Å²) in [7, 11) is 0. The predicted molar refractivity (Wildman–Crippen MR) is 186 cm³/mol. The number of ether oxygens (including phenoxy) is 6. The molecule has 0 radical (unpaired) electrons. The van der Waals surface area contributed by atoms with Gasteiger partial charge in [0.25, 0.3) is 0 Å². The maximum atomic E-state index is 13.3. The molecule has 6 atom stereocenters. The van der Waals surface area contributed by atoms with E-state index in [2.05, 4.69) is 0 Å². The maximum Gasteiger partial charge on any atom is 0.331 e. The number of hydrogen-bond donors (Lipinski definition) is 1. The minimum absolute atomic E-state index is 0.108. The van der Waals surface area contributed by atoms with E-state index in [1.165, 1.54) is 45.9 Å². The second-order valence-electron chi connectivity index (χ2n) is 13.4. The van der Waals surface area contributed by atoms with Gasteiger partial charge in [0.2, 0.25) is 0 Å². The van der Waals surface area contributed by atoms with Gasteiger partial charge in [-0.25, -0.2) is 4.79 Å². The highest BCUT2D eigenvalue weighted by Gasteiger charge is 2.51. The molecule has 2 aliphatic carbocycles. The summed E-state index contributed by atoms with van der Waals surface area (Å²) in [4.78, 5) is 76.5. The Morgan fingerprint density at radius 3 is 1.81 bits per heavy atom. The summed E-state index contributed by atoms with van der Waals surface area (Å²) in [5.41, 5.74) is 0.751. The zero-order chi connectivity index (χ0) is 38.9. The van der Waals surface area contributed by atoms with E-state index in [1.54, 1.807) is 31.2 Å². The monoisotopic (exact) mass is 724 g/mol. The molecule has 0 fully saturated rings. The summed E-state index contributed by atoms with van der Waals surface area (Å²) in [6, 6.07) is 8.97. The van der Waals surface area contributed by atoms with Crippen LogP contribution in [0.25, 0.3) is 6.08 Å². The Kier molecular flexibility index (Phi) is 14.3. The van der Waals surface area contributed by atoms with Crippen molar-refractivity contribution >= 4 is 41.9 Å². The Hall–Kier alpha value is -5.04. The first-order valence-electron chi connectivity index (χ1n) is 16.9. The molecule has 0 amide bonds. The van der Waals surface area contributed by atoms with Gasteiger partial charge < -0.3 is 33.5 Å². The number of aliphatic hydroxyl groups is 1. The molecule has 3 rings (SSSR count). The van der Waals surface area contributed by atoms with E-state index < -0.39 is 84.3 Å². The van der Waals surface area contributed by atoms with Crippen LogP contribution in [0.5, 0.6) is 0 Å². The summed E-state index contributed by atoms with van der Waals surface area (Å²) in [5, 5.41) is 10.8. The quantitative estimate of drug-likeness (QED) is 0.158. The molecule has 0 aliphatic heterocycles. The third-order valence-electron chi connectivity index (χ3n) is 9.09. The number of aliphatic hydroxyl groups excluding tert-OH is 1. The molecular weight excluding hydrogens is 676 g/mol. The molecule has 1 aromatic rings. The van der Waals surface area contributed by atoms with Crippen LogP contribution in [0, 0.1) is 11.3 Å². The zero-order valence-electron chi connectivity index (χ0n) is 31.1. The molecule has 2 bridgehead atoms. The van der Waals surface area contributed by atoms with Gasteiger partial charge in [-0.2, -0.15) is 0 Å². The average Bonchev–Trinajstić information content (AvgIpc) is 3.03. The largest absolute Gasteiger partial charge is 0.458 e. The lowest BCUT2D eigenvalue weighted by Crippen LogP contribution is -2.49. The minimum Gasteiger partial charge on any atom is -0.458 e. The standard InChI is InChI=1S/C39H48O13/c1-21-31(47-23(3)41)18-30-34(49-25(5)43)17-29(20-40)33(52-35(46)16-15-28-13-11-10-12-14-28)19-32(48-24(4)42)22(2)37(50-26(6)44)38(51-27(7)45)36(21)39(30,8)9/h10-17,30-34,38,40H,18-20H2,1-9H3/b16-15+,29-17-,37-22+/t30-,31-,32-,33-,34-,38+/m0/s1. The van der Waals surface area contributed by atoms with E-state index in [-0.39, 0.29) is 29.7 Å². The normalized spacial score (nSPS) is 27.2. The topological polar surface area (TPSA) is 178 Å². The molecule has 0 saturated carbocycles. The fourth-order valence-corrected chi connectivity index (χ4v) is 6.86. The summed E-state index contributed by atoms with van der Waals surface area (Å²) in [5.74, 6) is -5.29. The van der Waals surface area contributed by atoms with Crippen molar-refractivity contribution in [2.75, 3.05) is 6.61 Å². The molecule has 282 valence electrons. The van der Waals surface area contributed by atoms with Crippen molar-refractivity contribution in [3.63, 3.8) is 0 Å². The summed E-state index contributed by atoms with van der Waals surface area (Å²) in [6.07, 6.45) is -2.03. The Labute approximate surface area is 303 Å². The van der Waals surface area contributed by atoms with E-state index >= 15 is 0 Å². The van der Waals surface area contributed by atoms with E-state index in [0.29, 0.717) is 16.7 Å². The summed E-state index contributed by atoms with van der Waals surface area (Å²) < 4.78 is 35.0. The van der Waals surface area contributed by atoms with Crippen molar-refractivity contribution < 1.29 is 62.3 Å². The van der Waals surface area contributed by atoms with Crippen molar-refractivity contribution in [3.05, 3.63) is 76.1 Å². The van der Waals surface area contributed by atoms with Gasteiger partial charge in [-0.1, -0.05) is 44.2 Å². The molecule has 52 heavy (non-hydrogen) atoms. The van der Waals surface area contributed by atoms with Gasteiger partial charge >= 0.3 is 35.8 Å².